The van der Waals surface area contributed by atoms with E-state index in [1.54, 1.807) is 18.3 Å². The first-order valence-electron chi connectivity index (χ1n) is 4.00. The zero-order valence-corrected chi connectivity index (χ0v) is 7.87. The minimum absolute atomic E-state index is 0.227. The van der Waals surface area contributed by atoms with Gasteiger partial charge in [0.15, 0.2) is 0 Å². The van der Waals surface area contributed by atoms with Gasteiger partial charge in [-0.3, -0.25) is 4.98 Å². The lowest BCUT2D eigenvalue weighted by molar-refractivity contribution is 0.625. The van der Waals surface area contributed by atoms with Crippen molar-refractivity contribution in [3.05, 3.63) is 47.6 Å². The summed E-state index contributed by atoms with van der Waals surface area (Å²) in [5.41, 5.74) is 0.734. The van der Waals surface area contributed by atoms with Crippen molar-refractivity contribution in [2.45, 2.75) is 0 Å². The molecule has 2 nitrogen and oxygen atoms in total. The lowest BCUT2D eigenvalue weighted by atomic mass is 10.2. The molecular weight excluding hydrogens is 203 g/mol. The molecule has 0 bridgehead atoms. The summed E-state index contributed by atoms with van der Waals surface area (Å²) >= 11 is 5.81. The van der Waals surface area contributed by atoms with Crippen molar-refractivity contribution in [3.63, 3.8) is 0 Å². The summed E-state index contributed by atoms with van der Waals surface area (Å²) < 4.78 is 13.3. The molecule has 70 valence electrons. The monoisotopic (exact) mass is 208 g/mol. The maximum absolute atomic E-state index is 13.3. The summed E-state index contributed by atoms with van der Waals surface area (Å²) in [6.07, 6.45) is 3.06. The summed E-state index contributed by atoms with van der Waals surface area (Å²) in [5.74, 6) is -0.401. The van der Waals surface area contributed by atoms with Gasteiger partial charge in [-0.05, 0) is 24.3 Å². The number of aromatic nitrogens is 2. The molecule has 0 saturated heterocycles. The smallest absolute Gasteiger partial charge is 0.149 e. The summed E-state index contributed by atoms with van der Waals surface area (Å²) in [6.45, 7) is 0. The lowest BCUT2D eigenvalue weighted by Crippen LogP contribution is -1.89. The van der Waals surface area contributed by atoms with Gasteiger partial charge in [0, 0.05) is 18.0 Å². The SMILES string of the molecule is Fc1cccnc1-c1cccnc1Cl. The Kier molecular flexibility index (Phi) is 2.41. The summed E-state index contributed by atoms with van der Waals surface area (Å²) in [6, 6.07) is 6.24. The van der Waals surface area contributed by atoms with Gasteiger partial charge in [-0.25, -0.2) is 9.37 Å². The third kappa shape index (κ3) is 1.59. The van der Waals surface area contributed by atoms with Crippen LogP contribution in [0.5, 0.6) is 0 Å². The number of hydrogen-bond acceptors (Lipinski definition) is 2. The molecule has 2 rings (SSSR count). The number of rotatable bonds is 1. The van der Waals surface area contributed by atoms with E-state index in [1.807, 2.05) is 0 Å². The first-order chi connectivity index (χ1) is 6.79. The van der Waals surface area contributed by atoms with Crippen LogP contribution in [0, 0.1) is 5.82 Å². The van der Waals surface area contributed by atoms with E-state index in [2.05, 4.69) is 9.97 Å². The standard InChI is InChI=1S/C10H6ClFN2/c11-10-7(3-1-6-14-10)9-8(12)4-2-5-13-9/h1-6H. The average Bonchev–Trinajstić information content (AvgIpc) is 2.20. The Hall–Kier alpha value is -1.48. The van der Waals surface area contributed by atoms with Crippen molar-refractivity contribution in [2.24, 2.45) is 0 Å². The maximum atomic E-state index is 13.3. The molecular formula is C10H6ClFN2. The van der Waals surface area contributed by atoms with Crippen molar-refractivity contribution >= 4 is 11.6 Å². The zero-order chi connectivity index (χ0) is 9.97. The largest absolute Gasteiger partial charge is 0.253 e. The van der Waals surface area contributed by atoms with E-state index in [-0.39, 0.29) is 10.8 Å². The Morgan fingerprint density at radius 3 is 2.50 bits per heavy atom. The Balaban J connectivity index is 2.61. The Morgan fingerprint density at radius 1 is 1.07 bits per heavy atom. The Bertz CT molecular complexity index is 416. The van der Waals surface area contributed by atoms with E-state index < -0.39 is 5.82 Å². The van der Waals surface area contributed by atoms with Crippen molar-refractivity contribution in [2.75, 3.05) is 0 Å². The number of halogens is 2. The van der Waals surface area contributed by atoms with Crippen molar-refractivity contribution in [1.82, 2.24) is 9.97 Å². The highest BCUT2D eigenvalue weighted by molar-refractivity contribution is 6.32. The Morgan fingerprint density at radius 2 is 1.79 bits per heavy atom. The average molecular weight is 209 g/mol. The molecule has 4 heteroatoms. The molecule has 0 aliphatic rings. The van der Waals surface area contributed by atoms with Crippen LogP contribution >= 0.6 is 11.6 Å². The number of nitrogens with zero attached hydrogens (tertiary/aromatic N) is 2. The molecule has 14 heavy (non-hydrogen) atoms. The van der Waals surface area contributed by atoms with Gasteiger partial charge in [0.1, 0.15) is 16.7 Å². The molecule has 2 heterocycles. The third-order valence-corrected chi connectivity index (χ3v) is 2.07. The van der Waals surface area contributed by atoms with E-state index in [0.29, 0.717) is 5.56 Å². The van der Waals surface area contributed by atoms with Gasteiger partial charge in [0.2, 0.25) is 0 Å². The summed E-state index contributed by atoms with van der Waals surface area (Å²) in [5, 5.41) is 0.255. The predicted molar refractivity (Wildman–Crippen MR) is 52.4 cm³/mol. The van der Waals surface area contributed by atoms with Crippen LogP contribution < -0.4 is 0 Å². The molecule has 0 aromatic carbocycles. The van der Waals surface area contributed by atoms with Crippen LogP contribution in [0.4, 0.5) is 4.39 Å². The van der Waals surface area contributed by atoms with Gasteiger partial charge in [0.05, 0.1) is 0 Å². The Labute approximate surface area is 85.4 Å². The molecule has 0 unspecified atom stereocenters. The third-order valence-electron chi connectivity index (χ3n) is 1.77. The maximum Gasteiger partial charge on any atom is 0.149 e. The van der Waals surface area contributed by atoms with Crippen LogP contribution in [0.2, 0.25) is 5.15 Å². The molecule has 0 N–H and O–H groups in total. The summed E-state index contributed by atoms with van der Waals surface area (Å²) in [7, 11) is 0. The van der Waals surface area contributed by atoms with E-state index in [0.717, 1.165) is 0 Å². The highest BCUT2D eigenvalue weighted by Crippen LogP contribution is 2.25. The zero-order valence-electron chi connectivity index (χ0n) is 7.11. The van der Waals surface area contributed by atoms with Crippen LogP contribution in [0.3, 0.4) is 0 Å². The minimum atomic E-state index is -0.401. The quantitative estimate of drug-likeness (QED) is 0.674. The van der Waals surface area contributed by atoms with Crippen LogP contribution in [0.1, 0.15) is 0 Å². The highest BCUT2D eigenvalue weighted by Gasteiger charge is 2.09. The van der Waals surface area contributed by atoms with Crippen LogP contribution in [0.25, 0.3) is 11.3 Å². The fourth-order valence-electron chi connectivity index (χ4n) is 1.15. The second-order valence-corrected chi connectivity index (χ2v) is 3.03. The summed E-state index contributed by atoms with van der Waals surface area (Å²) in [4.78, 5) is 7.77. The van der Waals surface area contributed by atoms with Gasteiger partial charge in [-0.15, -0.1) is 0 Å². The van der Waals surface area contributed by atoms with Crippen molar-refractivity contribution in [3.8, 4) is 11.3 Å². The van der Waals surface area contributed by atoms with Crippen LogP contribution in [-0.4, -0.2) is 9.97 Å². The molecule has 0 saturated carbocycles. The highest BCUT2D eigenvalue weighted by atomic mass is 35.5. The van der Waals surface area contributed by atoms with Gasteiger partial charge in [-0.2, -0.15) is 0 Å². The van der Waals surface area contributed by atoms with E-state index in [1.165, 1.54) is 18.3 Å². The first kappa shape index (κ1) is 9.09. The topological polar surface area (TPSA) is 25.8 Å². The second kappa shape index (κ2) is 3.72. The number of pyridine rings is 2. The van der Waals surface area contributed by atoms with Gasteiger partial charge in [0.25, 0.3) is 0 Å². The van der Waals surface area contributed by atoms with E-state index in [9.17, 15) is 4.39 Å². The van der Waals surface area contributed by atoms with Gasteiger partial charge in [-0.1, -0.05) is 11.6 Å². The normalized spacial score (nSPS) is 10.1. The molecule has 0 spiro atoms. The molecule has 2 aromatic heterocycles. The minimum Gasteiger partial charge on any atom is -0.253 e. The fraction of sp³-hybridized carbons (Fsp3) is 0. The number of hydrogen-bond donors (Lipinski definition) is 0. The van der Waals surface area contributed by atoms with Crippen molar-refractivity contribution in [1.29, 1.82) is 0 Å². The molecule has 0 amide bonds. The van der Waals surface area contributed by atoms with Crippen LogP contribution in [-0.2, 0) is 0 Å². The lowest BCUT2D eigenvalue weighted by Gasteiger charge is -2.02. The molecule has 0 fully saturated rings. The van der Waals surface area contributed by atoms with Gasteiger partial charge >= 0.3 is 0 Å². The van der Waals surface area contributed by atoms with Crippen LogP contribution in [0.15, 0.2) is 36.7 Å². The predicted octanol–water partition coefficient (Wildman–Crippen LogP) is 2.94. The molecule has 0 aliphatic heterocycles. The second-order valence-electron chi connectivity index (χ2n) is 2.68. The molecule has 0 radical (unpaired) electrons. The molecule has 0 aliphatic carbocycles. The fourth-order valence-corrected chi connectivity index (χ4v) is 1.36. The van der Waals surface area contributed by atoms with E-state index in [4.69, 9.17) is 11.6 Å². The first-order valence-corrected chi connectivity index (χ1v) is 4.38. The van der Waals surface area contributed by atoms with Gasteiger partial charge < -0.3 is 0 Å². The molecule has 2 aromatic rings. The molecule has 0 atom stereocenters. The van der Waals surface area contributed by atoms with Crippen molar-refractivity contribution < 1.29 is 4.39 Å². The van der Waals surface area contributed by atoms with E-state index >= 15 is 0 Å².